The van der Waals surface area contributed by atoms with E-state index in [0.29, 0.717) is 28.6 Å². The zero-order valence-electron chi connectivity index (χ0n) is 10.8. The van der Waals surface area contributed by atoms with E-state index in [0.717, 1.165) is 0 Å². The molecule has 0 aliphatic heterocycles. The van der Waals surface area contributed by atoms with E-state index in [1.165, 1.54) is 24.3 Å². The second-order valence-corrected chi connectivity index (χ2v) is 4.46. The molecular weight excluding hydrogens is 281 g/mol. The molecule has 2 aromatic carbocycles. The van der Waals surface area contributed by atoms with Crippen LogP contribution in [0.1, 0.15) is 17.3 Å². The first-order valence-electron chi connectivity index (χ1n) is 6.11. The van der Waals surface area contributed by atoms with Crippen LogP contribution in [0.3, 0.4) is 0 Å². The molecule has 0 radical (unpaired) electrons. The Morgan fingerprint density at radius 2 is 1.85 bits per heavy atom. The summed E-state index contributed by atoms with van der Waals surface area (Å²) in [6.45, 7) is 2.34. The highest BCUT2D eigenvalue weighted by molar-refractivity contribution is 6.33. The molecular formula is C15H13ClFNO2. The van der Waals surface area contributed by atoms with Gasteiger partial charge >= 0.3 is 0 Å². The van der Waals surface area contributed by atoms with Gasteiger partial charge in [-0.3, -0.25) is 4.79 Å². The fraction of sp³-hybridized carbons (Fsp3) is 0.133. The highest BCUT2D eigenvalue weighted by atomic mass is 35.5. The summed E-state index contributed by atoms with van der Waals surface area (Å²) in [5, 5.41) is 3.02. The fourth-order valence-electron chi connectivity index (χ4n) is 1.64. The summed E-state index contributed by atoms with van der Waals surface area (Å²) in [6, 6.07) is 10.4. The molecule has 5 heteroatoms. The standard InChI is InChI=1S/C15H13ClFNO2/c1-2-18-15(19)13-9-12(7-8-14(13)16)20-11-5-3-10(17)4-6-11/h3-9H,2H2,1H3,(H,18,19). The molecule has 2 rings (SSSR count). The lowest BCUT2D eigenvalue weighted by Crippen LogP contribution is -2.22. The first kappa shape index (κ1) is 14.3. The third-order valence-corrected chi connectivity index (χ3v) is 2.90. The lowest BCUT2D eigenvalue weighted by atomic mass is 10.2. The summed E-state index contributed by atoms with van der Waals surface area (Å²) >= 11 is 5.98. The van der Waals surface area contributed by atoms with Crippen LogP contribution >= 0.6 is 11.6 Å². The van der Waals surface area contributed by atoms with Crippen LogP contribution in [0, 0.1) is 5.82 Å². The lowest BCUT2D eigenvalue weighted by molar-refractivity contribution is 0.0955. The van der Waals surface area contributed by atoms with Gasteiger partial charge in [0.25, 0.3) is 5.91 Å². The van der Waals surface area contributed by atoms with Crippen molar-refractivity contribution in [3.63, 3.8) is 0 Å². The number of hydrogen-bond donors (Lipinski definition) is 1. The first-order chi connectivity index (χ1) is 9.60. The maximum absolute atomic E-state index is 12.8. The SMILES string of the molecule is CCNC(=O)c1cc(Oc2ccc(F)cc2)ccc1Cl. The van der Waals surface area contributed by atoms with Gasteiger partial charge in [-0.2, -0.15) is 0 Å². The highest BCUT2D eigenvalue weighted by Gasteiger charge is 2.11. The van der Waals surface area contributed by atoms with Crippen LogP contribution in [0.15, 0.2) is 42.5 Å². The van der Waals surface area contributed by atoms with Crippen molar-refractivity contribution in [3.8, 4) is 11.5 Å². The Balaban J connectivity index is 2.22. The minimum atomic E-state index is -0.337. The molecule has 1 N–H and O–H groups in total. The average Bonchev–Trinajstić information content (AvgIpc) is 2.43. The third-order valence-electron chi connectivity index (χ3n) is 2.57. The van der Waals surface area contributed by atoms with Crippen molar-refractivity contribution in [1.82, 2.24) is 5.32 Å². The second-order valence-electron chi connectivity index (χ2n) is 4.06. The Morgan fingerprint density at radius 1 is 1.20 bits per heavy atom. The maximum atomic E-state index is 12.8. The number of carbonyl (C=O) groups excluding carboxylic acids is 1. The van der Waals surface area contributed by atoms with Crippen LogP contribution in [-0.4, -0.2) is 12.5 Å². The molecule has 3 nitrogen and oxygen atoms in total. The molecule has 0 heterocycles. The maximum Gasteiger partial charge on any atom is 0.252 e. The number of carbonyl (C=O) groups is 1. The van der Waals surface area contributed by atoms with Crippen LogP contribution in [0.2, 0.25) is 5.02 Å². The predicted octanol–water partition coefficient (Wildman–Crippen LogP) is 4.02. The molecule has 0 aliphatic rings. The first-order valence-corrected chi connectivity index (χ1v) is 6.49. The smallest absolute Gasteiger partial charge is 0.252 e. The lowest BCUT2D eigenvalue weighted by Gasteiger charge is -2.09. The van der Waals surface area contributed by atoms with E-state index in [4.69, 9.17) is 16.3 Å². The monoisotopic (exact) mass is 293 g/mol. The Labute approximate surface area is 121 Å². The number of nitrogens with one attached hydrogen (secondary N) is 1. The molecule has 0 saturated heterocycles. The fourth-order valence-corrected chi connectivity index (χ4v) is 1.84. The van der Waals surface area contributed by atoms with Crippen molar-refractivity contribution < 1.29 is 13.9 Å². The highest BCUT2D eigenvalue weighted by Crippen LogP contribution is 2.26. The molecule has 2 aromatic rings. The number of hydrogen-bond acceptors (Lipinski definition) is 2. The molecule has 0 fully saturated rings. The molecule has 0 spiro atoms. The van der Waals surface area contributed by atoms with E-state index in [9.17, 15) is 9.18 Å². The van der Waals surface area contributed by atoms with Crippen molar-refractivity contribution in [3.05, 3.63) is 58.9 Å². The van der Waals surface area contributed by atoms with E-state index in [1.54, 1.807) is 18.2 Å². The van der Waals surface area contributed by atoms with Gasteiger partial charge in [0.1, 0.15) is 17.3 Å². The number of amides is 1. The van der Waals surface area contributed by atoms with Crippen molar-refractivity contribution >= 4 is 17.5 Å². The minimum absolute atomic E-state index is 0.262. The quantitative estimate of drug-likeness (QED) is 0.924. The number of rotatable bonds is 4. The summed E-state index contributed by atoms with van der Waals surface area (Å²) in [6.07, 6.45) is 0. The van der Waals surface area contributed by atoms with Gasteiger partial charge in [0.15, 0.2) is 0 Å². The summed E-state index contributed by atoms with van der Waals surface area (Å²) < 4.78 is 18.4. The number of ether oxygens (including phenoxy) is 1. The Kier molecular flexibility index (Phi) is 4.58. The van der Waals surface area contributed by atoms with E-state index >= 15 is 0 Å². The van der Waals surface area contributed by atoms with Crippen LogP contribution in [-0.2, 0) is 0 Å². The van der Waals surface area contributed by atoms with Crippen LogP contribution < -0.4 is 10.1 Å². The van der Waals surface area contributed by atoms with Gasteiger partial charge in [-0.05, 0) is 49.4 Å². The molecule has 0 atom stereocenters. The van der Waals surface area contributed by atoms with E-state index < -0.39 is 0 Å². The second kappa shape index (κ2) is 6.39. The van der Waals surface area contributed by atoms with Crippen LogP contribution in [0.25, 0.3) is 0 Å². The van der Waals surface area contributed by atoms with Crippen molar-refractivity contribution in [2.75, 3.05) is 6.54 Å². The molecule has 0 unspecified atom stereocenters. The van der Waals surface area contributed by atoms with Gasteiger partial charge in [-0.25, -0.2) is 4.39 Å². The Hall–Kier alpha value is -2.07. The van der Waals surface area contributed by atoms with Gasteiger partial charge in [0.2, 0.25) is 0 Å². The van der Waals surface area contributed by atoms with E-state index in [1.807, 2.05) is 6.92 Å². The molecule has 0 aliphatic carbocycles. The van der Waals surface area contributed by atoms with Crippen molar-refractivity contribution in [2.24, 2.45) is 0 Å². The summed E-state index contributed by atoms with van der Waals surface area (Å²) in [5.74, 6) is 0.344. The summed E-state index contributed by atoms with van der Waals surface area (Å²) in [7, 11) is 0. The topological polar surface area (TPSA) is 38.3 Å². The normalized spacial score (nSPS) is 10.2. The zero-order valence-corrected chi connectivity index (χ0v) is 11.6. The average molecular weight is 294 g/mol. The number of halogens is 2. The molecule has 0 bridgehead atoms. The molecule has 104 valence electrons. The van der Waals surface area contributed by atoms with Gasteiger partial charge in [-0.15, -0.1) is 0 Å². The zero-order chi connectivity index (χ0) is 14.5. The van der Waals surface area contributed by atoms with Gasteiger partial charge in [-0.1, -0.05) is 11.6 Å². The van der Waals surface area contributed by atoms with Gasteiger partial charge < -0.3 is 10.1 Å². The molecule has 0 saturated carbocycles. The Morgan fingerprint density at radius 3 is 2.50 bits per heavy atom. The third kappa shape index (κ3) is 3.48. The summed E-state index contributed by atoms with van der Waals surface area (Å²) in [4.78, 5) is 11.8. The molecule has 0 aromatic heterocycles. The minimum Gasteiger partial charge on any atom is -0.457 e. The van der Waals surface area contributed by atoms with Crippen LogP contribution in [0.4, 0.5) is 4.39 Å². The molecule has 20 heavy (non-hydrogen) atoms. The Bertz CT molecular complexity index is 614. The van der Waals surface area contributed by atoms with Crippen LogP contribution in [0.5, 0.6) is 11.5 Å². The van der Waals surface area contributed by atoms with E-state index in [-0.39, 0.29) is 11.7 Å². The van der Waals surface area contributed by atoms with Crippen molar-refractivity contribution in [1.29, 1.82) is 0 Å². The largest absolute Gasteiger partial charge is 0.457 e. The van der Waals surface area contributed by atoms with E-state index in [2.05, 4.69) is 5.32 Å². The summed E-state index contributed by atoms with van der Waals surface area (Å²) in [5.41, 5.74) is 0.341. The van der Waals surface area contributed by atoms with Crippen molar-refractivity contribution in [2.45, 2.75) is 6.92 Å². The van der Waals surface area contributed by atoms with Gasteiger partial charge in [0.05, 0.1) is 10.6 Å². The molecule has 1 amide bonds. The number of benzene rings is 2. The van der Waals surface area contributed by atoms with Gasteiger partial charge in [0, 0.05) is 6.54 Å². The predicted molar refractivity (Wildman–Crippen MR) is 75.9 cm³/mol.